The summed E-state index contributed by atoms with van der Waals surface area (Å²) in [4.78, 5) is 14.8. The van der Waals surface area contributed by atoms with Gasteiger partial charge in [0.15, 0.2) is 0 Å². The average molecular weight is 153 g/mol. The van der Waals surface area contributed by atoms with E-state index in [0.29, 0.717) is 5.69 Å². The van der Waals surface area contributed by atoms with E-state index in [1.807, 2.05) is 0 Å². The lowest BCUT2D eigenvalue weighted by Crippen LogP contribution is -2.08. The highest BCUT2D eigenvalue weighted by molar-refractivity contribution is 5.87. The third-order valence-corrected chi connectivity index (χ3v) is 1.26. The minimum absolute atomic E-state index is 0.143. The quantitative estimate of drug-likeness (QED) is 0.578. The Morgan fingerprint density at radius 1 is 1.91 bits per heavy atom. The molecule has 0 saturated heterocycles. The lowest BCUT2D eigenvalue weighted by molar-refractivity contribution is 0.0536. The van der Waals surface area contributed by atoms with Crippen molar-refractivity contribution in [3.63, 3.8) is 0 Å². The fourth-order valence-electron chi connectivity index (χ4n) is 0.721. The first-order valence-electron chi connectivity index (χ1n) is 3.18. The second-order valence-electron chi connectivity index (χ2n) is 2.03. The molecule has 1 rings (SSSR count). The molecule has 0 aliphatic rings. The highest BCUT2D eigenvalue weighted by Gasteiger charge is 2.09. The van der Waals surface area contributed by atoms with Gasteiger partial charge in [-0.05, 0) is 6.92 Å². The van der Waals surface area contributed by atoms with Crippen molar-refractivity contribution in [1.82, 2.24) is 9.55 Å². The second kappa shape index (κ2) is 3.18. The summed E-state index contributed by atoms with van der Waals surface area (Å²) in [6, 6.07) is 0. The molecule has 59 valence electrons. The molecule has 0 aromatic carbocycles. The summed E-state index contributed by atoms with van der Waals surface area (Å²) in [5.74, 6) is -0.389. The highest BCUT2D eigenvalue weighted by atomic mass is 16.5. The number of aromatic nitrogens is 2. The monoisotopic (exact) mass is 153 g/mol. The number of carbonyl (C=O) groups is 1. The van der Waals surface area contributed by atoms with E-state index >= 15 is 0 Å². The topological polar surface area (TPSA) is 44.1 Å². The van der Waals surface area contributed by atoms with E-state index in [2.05, 4.69) is 16.6 Å². The summed E-state index contributed by atoms with van der Waals surface area (Å²) in [6.07, 6.45) is 3.00. The molecule has 0 spiro atoms. The Balaban J connectivity index is 2.76. The molecule has 0 saturated carbocycles. The van der Waals surface area contributed by atoms with Crippen LogP contribution in [0.15, 0.2) is 12.5 Å². The molecule has 1 aromatic heterocycles. The lowest BCUT2D eigenvalue weighted by atomic mass is 10.5. The summed E-state index contributed by atoms with van der Waals surface area (Å²) in [5, 5.41) is 0. The number of aryl methyl sites for hydroxylation is 1. The predicted octanol–water partition coefficient (Wildman–Crippen LogP) is 0.411. The molecule has 0 bridgehead atoms. The van der Waals surface area contributed by atoms with E-state index in [1.165, 1.54) is 6.20 Å². The Hall–Kier alpha value is -1.32. The Morgan fingerprint density at radius 2 is 2.64 bits per heavy atom. The van der Waals surface area contributed by atoms with Crippen LogP contribution in [0.2, 0.25) is 0 Å². The van der Waals surface area contributed by atoms with E-state index in [9.17, 15) is 4.79 Å². The summed E-state index contributed by atoms with van der Waals surface area (Å²) in [5.41, 5.74) is 0.439. The van der Waals surface area contributed by atoms with Crippen LogP contribution in [0.1, 0.15) is 10.5 Å². The molecule has 4 heteroatoms. The van der Waals surface area contributed by atoms with E-state index in [1.54, 1.807) is 17.9 Å². The lowest BCUT2D eigenvalue weighted by Gasteiger charge is -2.00. The first-order valence-corrected chi connectivity index (χ1v) is 3.18. The van der Waals surface area contributed by atoms with Crippen molar-refractivity contribution in [1.29, 1.82) is 0 Å². The largest absolute Gasteiger partial charge is 0.461 e. The number of ether oxygens (including phenoxy) is 1. The van der Waals surface area contributed by atoms with Crippen molar-refractivity contribution in [2.45, 2.75) is 0 Å². The highest BCUT2D eigenvalue weighted by Crippen LogP contribution is 1.98. The van der Waals surface area contributed by atoms with Crippen LogP contribution in [0.3, 0.4) is 0 Å². The maximum atomic E-state index is 11.0. The van der Waals surface area contributed by atoms with Gasteiger partial charge < -0.3 is 9.30 Å². The van der Waals surface area contributed by atoms with Crippen LogP contribution in [0.4, 0.5) is 0 Å². The molecule has 1 aromatic rings. The molecule has 1 heterocycles. The third-order valence-electron chi connectivity index (χ3n) is 1.26. The van der Waals surface area contributed by atoms with Gasteiger partial charge in [0.05, 0.1) is 19.1 Å². The molecule has 0 fully saturated rings. The Labute approximate surface area is 64.8 Å². The zero-order chi connectivity index (χ0) is 8.27. The maximum Gasteiger partial charge on any atom is 0.356 e. The van der Waals surface area contributed by atoms with Crippen molar-refractivity contribution in [2.24, 2.45) is 7.05 Å². The van der Waals surface area contributed by atoms with Crippen LogP contribution < -0.4 is 0 Å². The van der Waals surface area contributed by atoms with Gasteiger partial charge in [-0.25, -0.2) is 9.78 Å². The second-order valence-corrected chi connectivity index (χ2v) is 2.03. The molecule has 0 aliphatic carbocycles. The van der Waals surface area contributed by atoms with Gasteiger partial charge in [-0.2, -0.15) is 0 Å². The van der Waals surface area contributed by atoms with E-state index in [4.69, 9.17) is 0 Å². The molecular weight excluding hydrogens is 144 g/mol. The number of hydrogen-bond donors (Lipinski definition) is 0. The van der Waals surface area contributed by atoms with Gasteiger partial charge in [-0.1, -0.05) is 0 Å². The van der Waals surface area contributed by atoms with Crippen LogP contribution >= 0.6 is 0 Å². The number of carbonyl (C=O) groups excluding carboxylic acids is 1. The Morgan fingerprint density at radius 3 is 3.09 bits per heavy atom. The van der Waals surface area contributed by atoms with Gasteiger partial charge >= 0.3 is 5.97 Å². The van der Waals surface area contributed by atoms with Crippen LogP contribution in [0, 0.1) is 6.92 Å². The Kier molecular flexibility index (Phi) is 2.25. The van der Waals surface area contributed by atoms with Crippen molar-refractivity contribution in [2.75, 3.05) is 6.61 Å². The van der Waals surface area contributed by atoms with E-state index in [-0.39, 0.29) is 12.6 Å². The van der Waals surface area contributed by atoms with Crippen LogP contribution in [0.5, 0.6) is 0 Å². The molecule has 0 aliphatic heterocycles. The number of nitrogens with zero attached hydrogens (tertiary/aromatic N) is 2. The van der Waals surface area contributed by atoms with Crippen molar-refractivity contribution >= 4 is 5.97 Å². The van der Waals surface area contributed by atoms with E-state index < -0.39 is 0 Å². The zero-order valence-corrected chi connectivity index (χ0v) is 6.28. The predicted molar refractivity (Wildman–Crippen MR) is 38.8 cm³/mol. The zero-order valence-electron chi connectivity index (χ0n) is 6.28. The van der Waals surface area contributed by atoms with Gasteiger partial charge in [0.2, 0.25) is 0 Å². The smallest absolute Gasteiger partial charge is 0.356 e. The summed E-state index contributed by atoms with van der Waals surface area (Å²) in [7, 11) is 1.73. The number of hydrogen-bond acceptors (Lipinski definition) is 3. The van der Waals surface area contributed by atoms with Gasteiger partial charge in [-0.15, -0.1) is 0 Å². The Bertz CT molecular complexity index is 255. The number of imidazole rings is 1. The standard InChI is InChI=1S/C7H9N2O2/c1-3-11-7(10)6-4-8-5-9(6)2/h4-5H,1,3H2,2H3. The summed E-state index contributed by atoms with van der Waals surface area (Å²) < 4.78 is 6.25. The molecule has 11 heavy (non-hydrogen) atoms. The minimum Gasteiger partial charge on any atom is -0.461 e. The average Bonchev–Trinajstić information content (AvgIpc) is 2.36. The van der Waals surface area contributed by atoms with Crippen LogP contribution in [-0.2, 0) is 11.8 Å². The van der Waals surface area contributed by atoms with Crippen LogP contribution in [0.25, 0.3) is 0 Å². The van der Waals surface area contributed by atoms with E-state index in [0.717, 1.165) is 0 Å². The van der Waals surface area contributed by atoms with Gasteiger partial charge in [0, 0.05) is 7.05 Å². The van der Waals surface area contributed by atoms with Gasteiger partial charge in [-0.3, -0.25) is 0 Å². The number of rotatable bonds is 2. The maximum absolute atomic E-state index is 11.0. The minimum atomic E-state index is -0.389. The summed E-state index contributed by atoms with van der Waals surface area (Å²) in [6.45, 7) is 3.54. The van der Waals surface area contributed by atoms with Crippen molar-refractivity contribution in [3.05, 3.63) is 25.1 Å². The molecule has 0 atom stereocenters. The molecule has 4 nitrogen and oxygen atoms in total. The van der Waals surface area contributed by atoms with Crippen LogP contribution in [-0.4, -0.2) is 22.1 Å². The molecule has 0 unspecified atom stereocenters. The first-order chi connectivity index (χ1) is 5.25. The number of esters is 1. The first kappa shape index (κ1) is 7.78. The normalized spacial score (nSPS) is 9.64. The van der Waals surface area contributed by atoms with Gasteiger partial charge in [0.25, 0.3) is 0 Å². The third kappa shape index (κ3) is 1.58. The SMILES string of the molecule is [CH2]COC(=O)c1cncn1C. The fourth-order valence-corrected chi connectivity index (χ4v) is 0.721. The van der Waals surface area contributed by atoms with Gasteiger partial charge in [0.1, 0.15) is 5.69 Å². The van der Waals surface area contributed by atoms with Crippen molar-refractivity contribution in [3.8, 4) is 0 Å². The molecule has 0 N–H and O–H groups in total. The fraction of sp³-hybridized carbons (Fsp3) is 0.286. The molecule has 0 amide bonds. The van der Waals surface area contributed by atoms with Crippen molar-refractivity contribution < 1.29 is 9.53 Å². The molecular formula is C7H9N2O2. The summed E-state index contributed by atoms with van der Waals surface area (Å²) >= 11 is 0. The molecule has 1 radical (unpaired) electrons.